The van der Waals surface area contributed by atoms with Gasteiger partial charge < -0.3 is 15.0 Å². The number of aromatic amines is 1. The fourth-order valence-corrected chi connectivity index (χ4v) is 5.91. The number of pyridine rings is 1. The number of carboxylic acid groups (broad SMARTS) is 1. The zero-order valence-corrected chi connectivity index (χ0v) is 18.9. The number of nitrogens with zero attached hydrogens (tertiary/aromatic N) is 3. The maximum Gasteiger partial charge on any atom is 0.303 e. The molecular formula is C26H26F2N4O2. The van der Waals surface area contributed by atoms with Gasteiger partial charge >= 0.3 is 5.97 Å². The van der Waals surface area contributed by atoms with Crippen molar-refractivity contribution in [1.29, 1.82) is 0 Å². The van der Waals surface area contributed by atoms with Crippen LogP contribution in [0, 0.1) is 17.6 Å². The van der Waals surface area contributed by atoms with Crippen LogP contribution in [0.1, 0.15) is 36.9 Å². The third-order valence-corrected chi connectivity index (χ3v) is 7.67. The van der Waals surface area contributed by atoms with Gasteiger partial charge in [0.05, 0.1) is 6.20 Å². The van der Waals surface area contributed by atoms with Crippen LogP contribution in [0.5, 0.6) is 0 Å². The fraction of sp³-hybridized carbons (Fsp3) is 0.385. The van der Waals surface area contributed by atoms with E-state index in [1.165, 1.54) is 23.9 Å². The number of rotatable bonds is 4. The van der Waals surface area contributed by atoms with Crippen LogP contribution in [0.4, 0.5) is 14.5 Å². The minimum absolute atomic E-state index is 0.259. The van der Waals surface area contributed by atoms with Crippen LogP contribution >= 0.6 is 0 Å². The van der Waals surface area contributed by atoms with Gasteiger partial charge in [-0.1, -0.05) is 6.08 Å². The number of benzene rings is 1. The molecule has 2 N–H and O–H groups in total. The highest BCUT2D eigenvalue weighted by Gasteiger charge is 2.36. The summed E-state index contributed by atoms with van der Waals surface area (Å²) in [5.41, 5.74) is 5.50. The molecule has 0 radical (unpaired) electrons. The summed E-state index contributed by atoms with van der Waals surface area (Å²) in [6, 6.07) is 4.97. The second kappa shape index (κ2) is 7.91. The van der Waals surface area contributed by atoms with E-state index in [4.69, 9.17) is 5.11 Å². The molecule has 8 heteroatoms. The number of aliphatic carboxylic acids is 1. The van der Waals surface area contributed by atoms with Gasteiger partial charge in [-0.2, -0.15) is 0 Å². The minimum Gasteiger partial charge on any atom is -0.481 e. The highest BCUT2D eigenvalue weighted by Crippen LogP contribution is 2.45. The minimum atomic E-state index is -0.716. The zero-order valence-electron chi connectivity index (χ0n) is 18.9. The maximum absolute atomic E-state index is 15.1. The first-order valence-electron chi connectivity index (χ1n) is 11.7. The Morgan fingerprint density at radius 3 is 2.85 bits per heavy atom. The average molecular weight is 465 g/mol. The van der Waals surface area contributed by atoms with Gasteiger partial charge in [0, 0.05) is 72.6 Å². The molecule has 1 saturated carbocycles. The number of carbonyl (C=O) groups is 1. The first-order valence-corrected chi connectivity index (χ1v) is 11.7. The number of halogens is 2. The lowest BCUT2D eigenvalue weighted by Gasteiger charge is -2.43. The van der Waals surface area contributed by atoms with Crippen LogP contribution in [-0.2, 0) is 11.3 Å². The summed E-state index contributed by atoms with van der Waals surface area (Å²) in [4.78, 5) is 23.2. The Labute approximate surface area is 195 Å². The molecule has 6 nitrogen and oxygen atoms in total. The van der Waals surface area contributed by atoms with Crippen molar-refractivity contribution in [3.05, 3.63) is 53.4 Å². The number of H-pyrrole nitrogens is 1. The third kappa shape index (κ3) is 3.39. The Bertz CT molecular complexity index is 1340. The van der Waals surface area contributed by atoms with E-state index in [0.29, 0.717) is 29.4 Å². The van der Waals surface area contributed by atoms with Gasteiger partial charge in [0.2, 0.25) is 0 Å². The number of fused-ring (bicyclic) bond motifs is 2. The Morgan fingerprint density at radius 1 is 1.29 bits per heavy atom. The number of anilines is 1. The Hall–Kier alpha value is -3.26. The number of hydrogen-bond acceptors (Lipinski definition) is 4. The molecule has 34 heavy (non-hydrogen) atoms. The lowest BCUT2D eigenvalue weighted by Crippen LogP contribution is -2.46. The average Bonchev–Trinajstić information content (AvgIpc) is 3.07. The summed E-state index contributed by atoms with van der Waals surface area (Å²) in [6.07, 6.45) is 6.43. The monoisotopic (exact) mass is 464 g/mol. The molecule has 1 aromatic carbocycles. The highest BCUT2D eigenvalue weighted by molar-refractivity contribution is 6.03. The predicted octanol–water partition coefficient (Wildman–Crippen LogP) is 4.80. The van der Waals surface area contributed by atoms with Gasteiger partial charge in [0.1, 0.15) is 17.3 Å². The normalized spacial score (nSPS) is 22.2. The van der Waals surface area contributed by atoms with E-state index in [1.54, 1.807) is 6.07 Å². The first-order chi connectivity index (χ1) is 16.4. The van der Waals surface area contributed by atoms with E-state index in [1.807, 2.05) is 11.9 Å². The summed E-state index contributed by atoms with van der Waals surface area (Å²) in [6.45, 7) is 2.28. The molecule has 6 rings (SSSR count). The molecule has 0 amide bonds. The summed E-state index contributed by atoms with van der Waals surface area (Å²) < 4.78 is 29.3. The van der Waals surface area contributed by atoms with Gasteiger partial charge in [-0.05, 0) is 49.0 Å². The van der Waals surface area contributed by atoms with Gasteiger partial charge in [0.15, 0.2) is 0 Å². The van der Waals surface area contributed by atoms with E-state index in [2.05, 4.69) is 20.9 Å². The second-order valence-electron chi connectivity index (χ2n) is 9.76. The van der Waals surface area contributed by atoms with E-state index in [0.717, 1.165) is 54.7 Å². The number of hydrogen-bond donors (Lipinski definition) is 2. The third-order valence-electron chi connectivity index (χ3n) is 7.67. The zero-order chi connectivity index (χ0) is 23.6. The summed E-state index contributed by atoms with van der Waals surface area (Å²) in [5, 5.41) is 9.72. The van der Waals surface area contributed by atoms with Crippen molar-refractivity contribution in [2.45, 2.75) is 38.3 Å². The maximum atomic E-state index is 15.1. The largest absolute Gasteiger partial charge is 0.481 e. The van der Waals surface area contributed by atoms with Crippen LogP contribution in [0.15, 0.2) is 30.5 Å². The molecule has 0 spiro atoms. The SMILES string of the molecule is CN1Cc2c(C3=CCN(C4CC(CC(=O)O)C4)CC3)[nH]c3ncc(F)c(c23)-c2cc(F)ccc21. The Balaban J connectivity index is 1.34. The van der Waals surface area contributed by atoms with Gasteiger partial charge in [-0.25, -0.2) is 13.8 Å². The topological polar surface area (TPSA) is 72.5 Å². The summed E-state index contributed by atoms with van der Waals surface area (Å²) >= 11 is 0. The smallest absolute Gasteiger partial charge is 0.303 e. The standard InChI is InChI=1S/C26H26F2N4O2/c1-31-13-19-24-23(18-11-16(27)2-3-21(18)31)20(28)12-29-26(24)30-25(19)15-4-6-32(7-5-15)17-8-14(9-17)10-22(33)34/h2-4,11-12,14,17H,5-10,13H2,1H3,(H,29,30)(H,33,34). The highest BCUT2D eigenvalue weighted by atomic mass is 19.1. The Kier molecular flexibility index (Phi) is 4.95. The van der Waals surface area contributed by atoms with Crippen LogP contribution < -0.4 is 4.90 Å². The summed E-state index contributed by atoms with van der Waals surface area (Å²) in [5.74, 6) is -1.28. The second-order valence-corrected chi connectivity index (χ2v) is 9.76. The van der Waals surface area contributed by atoms with Crippen molar-refractivity contribution in [3.63, 3.8) is 0 Å². The number of nitrogens with one attached hydrogen (secondary N) is 1. The van der Waals surface area contributed by atoms with Crippen molar-refractivity contribution in [2.75, 3.05) is 25.0 Å². The molecule has 0 bridgehead atoms. The fourth-order valence-electron chi connectivity index (χ4n) is 5.91. The van der Waals surface area contributed by atoms with E-state index >= 15 is 4.39 Å². The van der Waals surface area contributed by atoms with Crippen molar-refractivity contribution in [3.8, 4) is 11.1 Å². The van der Waals surface area contributed by atoms with Gasteiger partial charge in [-0.15, -0.1) is 0 Å². The van der Waals surface area contributed by atoms with Crippen molar-refractivity contribution in [1.82, 2.24) is 14.9 Å². The molecule has 2 aliphatic heterocycles. The molecule has 0 saturated heterocycles. The molecule has 1 aliphatic carbocycles. The lowest BCUT2D eigenvalue weighted by atomic mass is 9.77. The Morgan fingerprint density at radius 2 is 2.12 bits per heavy atom. The van der Waals surface area contributed by atoms with E-state index in [-0.39, 0.29) is 12.3 Å². The molecule has 3 aliphatic rings. The van der Waals surface area contributed by atoms with Crippen LogP contribution in [-0.4, -0.2) is 52.1 Å². The van der Waals surface area contributed by atoms with Crippen LogP contribution in [0.25, 0.3) is 27.7 Å². The first kappa shape index (κ1) is 21.3. The molecule has 4 heterocycles. The molecule has 0 atom stereocenters. The van der Waals surface area contributed by atoms with Crippen molar-refractivity contribution in [2.24, 2.45) is 5.92 Å². The van der Waals surface area contributed by atoms with E-state index < -0.39 is 17.6 Å². The molecule has 0 unspecified atom stereocenters. The van der Waals surface area contributed by atoms with Gasteiger partial charge in [0.25, 0.3) is 0 Å². The van der Waals surface area contributed by atoms with E-state index in [9.17, 15) is 9.18 Å². The van der Waals surface area contributed by atoms with Crippen LogP contribution in [0.3, 0.4) is 0 Å². The number of aromatic nitrogens is 2. The molecule has 1 fully saturated rings. The number of carboxylic acids is 1. The lowest BCUT2D eigenvalue weighted by molar-refractivity contribution is -0.139. The molecule has 2 aromatic heterocycles. The van der Waals surface area contributed by atoms with Crippen LogP contribution in [0.2, 0.25) is 0 Å². The van der Waals surface area contributed by atoms with Crippen molar-refractivity contribution >= 4 is 28.3 Å². The van der Waals surface area contributed by atoms with Gasteiger partial charge in [-0.3, -0.25) is 9.69 Å². The molecule has 176 valence electrons. The predicted molar refractivity (Wildman–Crippen MR) is 126 cm³/mol. The van der Waals surface area contributed by atoms with Crippen molar-refractivity contribution < 1.29 is 18.7 Å². The summed E-state index contributed by atoms with van der Waals surface area (Å²) in [7, 11) is 1.94. The quantitative estimate of drug-likeness (QED) is 0.580. The molecule has 3 aromatic rings. The molecular weight excluding hydrogens is 438 g/mol.